The quantitative estimate of drug-likeness (QED) is 0.892. The van der Waals surface area contributed by atoms with E-state index in [1.165, 1.54) is 16.9 Å². The van der Waals surface area contributed by atoms with Gasteiger partial charge in [0.1, 0.15) is 10.7 Å². The maximum Gasteiger partial charge on any atom is 0.259 e. The summed E-state index contributed by atoms with van der Waals surface area (Å²) in [4.78, 5) is 22.7. The van der Waals surface area contributed by atoms with Gasteiger partial charge in [-0.2, -0.15) is 0 Å². The molecule has 2 aromatic heterocycles. The minimum absolute atomic E-state index is 0.0179. The Morgan fingerprint density at radius 3 is 3.12 bits per heavy atom. The van der Waals surface area contributed by atoms with E-state index in [0.717, 1.165) is 54.9 Å². The fourth-order valence-electron chi connectivity index (χ4n) is 3.78. The standard InChI is InChI=1S/C18H25N3O2S/c1-10-5-6-13-14(8-10)24-18-15(13)17(22)20-16(21-18)11(2)19-9-12-4-3-7-23-12/h10-12,19H,3-9H2,1-2H3,(H,20,21,22)/t10-,11-,12-/m0/s1. The molecule has 5 nitrogen and oxygen atoms in total. The number of rotatable bonds is 4. The van der Waals surface area contributed by atoms with Crippen molar-refractivity contribution in [2.24, 2.45) is 5.92 Å². The number of hydrogen-bond acceptors (Lipinski definition) is 5. The lowest BCUT2D eigenvalue weighted by Gasteiger charge is -2.17. The number of aromatic nitrogens is 2. The molecular formula is C18H25N3O2S. The Kier molecular flexibility index (Phi) is 4.45. The minimum atomic E-state index is 0.0179. The molecule has 0 spiro atoms. The molecule has 0 saturated carbocycles. The Labute approximate surface area is 145 Å². The first kappa shape index (κ1) is 16.2. The maximum absolute atomic E-state index is 12.6. The van der Waals surface area contributed by atoms with Crippen LogP contribution in [0.25, 0.3) is 10.2 Å². The molecule has 3 atom stereocenters. The van der Waals surface area contributed by atoms with E-state index in [0.29, 0.717) is 12.0 Å². The molecule has 0 amide bonds. The highest BCUT2D eigenvalue weighted by Gasteiger charge is 2.24. The highest BCUT2D eigenvalue weighted by molar-refractivity contribution is 7.18. The van der Waals surface area contributed by atoms with Crippen molar-refractivity contribution >= 4 is 21.6 Å². The number of nitrogens with one attached hydrogen (secondary N) is 2. The van der Waals surface area contributed by atoms with Crippen molar-refractivity contribution < 1.29 is 4.74 Å². The van der Waals surface area contributed by atoms with Crippen LogP contribution in [0, 0.1) is 5.92 Å². The summed E-state index contributed by atoms with van der Waals surface area (Å²) in [7, 11) is 0. The Morgan fingerprint density at radius 1 is 1.46 bits per heavy atom. The summed E-state index contributed by atoms with van der Waals surface area (Å²) in [6.07, 6.45) is 5.79. The number of fused-ring (bicyclic) bond motifs is 3. The fourth-order valence-corrected chi connectivity index (χ4v) is 5.17. The largest absolute Gasteiger partial charge is 0.377 e. The summed E-state index contributed by atoms with van der Waals surface area (Å²) in [6.45, 7) is 6.00. The first-order valence-corrected chi connectivity index (χ1v) is 9.83. The third-order valence-electron chi connectivity index (χ3n) is 5.27. The van der Waals surface area contributed by atoms with Gasteiger partial charge in [-0.15, -0.1) is 11.3 Å². The van der Waals surface area contributed by atoms with Crippen LogP contribution < -0.4 is 10.9 Å². The van der Waals surface area contributed by atoms with Crippen molar-refractivity contribution in [2.45, 2.75) is 58.1 Å². The van der Waals surface area contributed by atoms with Crippen LogP contribution in [0.4, 0.5) is 0 Å². The number of ether oxygens (including phenoxy) is 1. The molecule has 4 rings (SSSR count). The van der Waals surface area contributed by atoms with Crippen molar-refractivity contribution in [3.8, 4) is 0 Å². The molecule has 0 unspecified atom stereocenters. The van der Waals surface area contributed by atoms with E-state index in [1.807, 2.05) is 0 Å². The Morgan fingerprint density at radius 2 is 2.33 bits per heavy atom. The molecule has 24 heavy (non-hydrogen) atoms. The van der Waals surface area contributed by atoms with E-state index in [-0.39, 0.29) is 11.6 Å². The number of aryl methyl sites for hydroxylation is 1. The van der Waals surface area contributed by atoms with Gasteiger partial charge in [0, 0.05) is 18.0 Å². The first-order valence-electron chi connectivity index (χ1n) is 9.01. The second-order valence-corrected chi connectivity index (χ2v) is 8.33. The highest BCUT2D eigenvalue weighted by atomic mass is 32.1. The van der Waals surface area contributed by atoms with E-state index < -0.39 is 0 Å². The number of thiophene rings is 1. The van der Waals surface area contributed by atoms with Gasteiger partial charge in [0.05, 0.1) is 17.5 Å². The molecule has 2 aromatic rings. The summed E-state index contributed by atoms with van der Waals surface area (Å²) >= 11 is 1.71. The fraction of sp³-hybridized carbons (Fsp3) is 0.667. The van der Waals surface area contributed by atoms with Crippen LogP contribution in [0.15, 0.2) is 4.79 Å². The van der Waals surface area contributed by atoms with Crippen molar-refractivity contribution in [1.82, 2.24) is 15.3 Å². The summed E-state index contributed by atoms with van der Waals surface area (Å²) < 4.78 is 5.65. The van der Waals surface area contributed by atoms with Crippen LogP contribution in [0.1, 0.15) is 55.4 Å². The van der Waals surface area contributed by atoms with Crippen LogP contribution in [-0.2, 0) is 17.6 Å². The lowest BCUT2D eigenvalue weighted by Crippen LogP contribution is -2.30. The van der Waals surface area contributed by atoms with Crippen LogP contribution in [-0.4, -0.2) is 29.2 Å². The predicted molar refractivity (Wildman–Crippen MR) is 96.8 cm³/mol. The maximum atomic E-state index is 12.6. The zero-order valence-corrected chi connectivity index (χ0v) is 15.2. The topological polar surface area (TPSA) is 67.0 Å². The molecule has 2 N–H and O–H groups in total. The van der Waals surface area contributed by atoms with Gasteiger partial charge in [-0.1, -0.05) is 6.92 Å². The Bertz CT molecular complexity index is 791. The van der Waals surface area contributed by atoms with Crippen molar-refractivity contribution in [3.05, 3.63) is 26.6 Å². The lowest BCUT2D eigenvalue weighted by atomic mass is 9.89. The molecule has 130 valence electrons. The van der Waals surface area contributed by atoms with Gasteiger partial charge in [-0.05, 0) is 50.5 Å². The van der Waals surface area contributed by atoms with E-state index >= 15 is 0 Å². The number of aromatic amines is 1. The first-order chi connectivity index (χ1) is 11.6. The molecule has 0 radical (unpaired) electrons. The zero-order chi connectivity index (χ0) is 16.7. The number of nitrogens with zero attached hydrogens (tertiary/aromatic N) is 1. The SMILES string of the molecule is C[C@H]1CCc2c(sc3nc([C@H](C)NC[C@@H]4CCCO4)[nH]c(=O)c23)C1. The van der Waals surface area contributed by atoms with Crippen molar-refractivity contribution in [3.63, 3.8) is 0 Å². The van der Waals surface area contributed by atoms with Gasteiger partial charge in [0.25, 0.3) is 5.56 Å². The minimum Gasteiger partial charge on any atom is -0.377 e. The molecule has 1 aliphatic heterocycles. The molecule has 0 aromatic carbocycles. The smallest absolute Gasteiger partial charge is 0.259 e. The third kappa shape index (κ3) is 3.03. The second-order valence-electron chi connectivity index (χ2n) is 7.25. The molecule has 6 heteroatoms. The molecule has 1 aliphatic carbocycles. The summed E-state index contributed by atoms with van der Waals surface area (Å²) in [5.41, 5.74) is 1.26. The Balaban J connectivity index is 1.59. The van der Waals surface area contributed by atoms with Gasteiger partial charge in [-0.25, -0.2) is 4.98 Å². The van der Waals surface area contributed by atoms with Gasteiger partial charge in [-0.3, -0.25) is 4.79 Å². The molecule has 3 heterocycles. The highest BCUT2D eigenvalue weighted by Crippen LogP contribution is 2.35. The van der Waals surface area contributed by atoms with E-state index in [2.05, 4.69) is 24.1 Å². The number of H-pyrrole nitrogens is 1. The van der Waals surface area contributed by atoms with E-state index in [4.69, 9.17) is 9.72 Å². The van der Waals surface area contributed by atoms with Crippen LogP contribution in [0.3, 0.4) is 0 Å². The second kappa shape index (κ2) is 6.58. The average Bonchev–Trinajstić information content (AvgIpc) is 3.18. The van der Waals surface area contributed by atoms with Crippen molar-refractivity contribution in [1.29, 1.82) is 0 Å². The zero-order valence-electron chi connectivity index (χ0n) is 14.4. The van der Waals surface area contributed by atoms with E-state index in [1.54, 1.807) is 11.3 Å². The monoisotopic (exact) mass is 347 g/mol. The molecule has 0 bridgehead atoms. The normalized spacial score (nSPS) is 25.1. The van der Waals surface area contributed by atoms with Crippen LogP contribution in [0.5, 0.6) is 0 Å². The van der Waals surface area contributed by atoms with Crippen molar-refractivity contribution in [2.75, 3.05) is 13.2 Å². The van der Waals surface area contributed by atoms with Gasteiger partial charge in [0.15, 0.2) is 0 Å². The number of hydrogen-bond donors (Lipinski definition) is 2. The summed E-state index contributed by atoms with van der Waals surface area (Å²) in [6, 6.07) is 0.0179. The Hall–Kier alpha value is -1.24. The van der Waals surface area contributed by atoms with E-state index in [9.17, 15) is 4.79 Å². The molecule has 2 aliphatic rings. The molecule has 1 fully saturated rings. The van der Waals surface area contributed by atoms with Gasteiger partial charge >= 0.3 is 0 Å². The van der Waals surface area contributed by atoms with Gasteiger partial charge < -0.3 is 15.0 Å². The van der Waals surface area contributed by atoms with Crippen LogP contribution in [0.2, 0.25) is 0 Å². The predicted octanol–water partition coefficient (Wildman–Crippen LogP) is 2.94. The lowest BCUT2D eigenvalue weighted by molar-refractivity contribution is 0.107. The summed E-state index contributed by atoms with van der Waals surface area (Å²) in [5, 5.41) is 4.28. The van der Waals surface area contributed by atoms with Gasteiger partial charge in [0.2, 0.25) is 0 Å². The third-order valence-corrected chi connectivity index (χ3v) is 6.42. The average molecular weight is 347 g/mol. The molecule has 1 saturated heterocycles. The summed E-state index contributed by atoms with van der Waals surface area (Å²) in [5.74, 6) is 1.44. The van der Waals surface area contributed by atoms with Crippen LogP contribution >= 0.6 is 11.3 Å². The molecular weight excluding hydrogens is 322 g/mol.